The lowest BCUT2D eigenvalue weighted by Crippen LogP contribution is -2.38. The highest BCUT2D eigenvalue weighted by Crippen LogP contribution is 2.42. The number of pyridine rings is 1. The number of rotatable bonds is 12. The molecule has 0 saturated carbocycles. The molecule has 0 radical (unpaired) electrons. The fraction of sp³-hybridized carbons (Fsp3) is 0.333. The van der Waals surface area contributed by atoms with Crippen LogP contribution in [0.4, 0.5) is 0 Å². The van der Waals surface area contributed by atoms with Crippen molar-refractivity contribution in [1.29, 1.82) is 0 Å². The second-order valence-electron chi connectivity index (χ2n) is 12.4. The third-order valence-corrected chi connectivity index (χ3v) is 10.00. The highest BCUT2D eigenvalue weighted by Gasteiger charge is 2.22. The Balaban J connectivity index is 1.14. The van der Waals surface area contributed by atoms with Crippen LogP contribution in [-0.4, -0.2) is 64.0 Å². The van der Waals surface area contributed by atoms with Crippen LogP contribution >= 0.6 is 23.2 Å². The van der Waals surface area contributed by atoms with Crippen molar-refractivity contribution in [2.24, 2.45) is 7.05 Å². The van der Waals surface area contributed by atoms with Gasteiger partial charge in [-0.15, -0.1) is 0 Å². The molecular weight excluding hydrogens is 665 g/mol. The second kappa shape index (κ2) is 14.3. The van der Waals surface area contributed by atoms with Gasteiger partial charge in [-0.05, 0) is 25.0 Å². The molecule has 3 aromatic heterocycles. The lowest BCUT2D eigenvalue weighted by atomic mass is 9.97. The SMILES string of the molecule is COc1nc(-c2cccc(-c3cccc(-c4cc5c(=O)n(C)c(CNC[C@H]6CCO6)nn5c4)c3Cl)c2Cl)ccc1CNC[C@H]1CCC(=O)N1. The van der Waals surface area contributed by atoms with E-state index in [-0.39, 0.29) is 23.6 Å². The van der Waals surface area contributed by atoms with Gasteiger partial charge in [-0.3, -0.25) is 14.2 Å². The van der Waals surface area contributed by atoms with Crippen LogP contribution in [0.3, 0.4) is 0 Å². The van der Waals surface area contributed by atoms with Gasteiger partial charge in [0.05, 0.1) is 35.5 Å². The molecule has 2 saturated heterocycles. The van der Waals surface area contributed by atoms with Crippen molar-refractivity contribution in [2.75, 3.05) is 26.8 Å². The molecule has 254 valence electrons. The summed E-state index contributed by atoms with van der Waals surface area (Å²) in [5.74, 6) is 1.21. The maximum Gasteiger partial charge on any atom is 0.277 e. The lowest BCUT2D eigenvalue weighted by molar-refractivity contribution is -0.119. The molecule has 1 amide bonds. The molecule has 11 nitrogen and oxygen atoms in total. The number of fused-ring (bicyclic) bond motifs is 1. The number of ether oxygens (including phenoxy) is 2. The molecule has 0 bridgehead atoms. The minimum Gasteiger partial charge on any atom is -0.481 e. The fourth-order valence-corrected chi connectivity index (χ4v) is 6.97. The van der Waals surface area contributed by atoms with E-state index in [9.17, 15) is 9.59 Å². The minimum atomic E-state index is -0.145. The quantitative estimate of drug-likeness (QED) is 0.166. The van der Waals surface area contributed by atoms with Crippen molar-refractivity contribution in [3.8, 4) is 39.4 Å². The van der Waals surface area contributed by atoms with Crippen LogP contribution in [0, 0.1) is 0 Å². The molecule has 2 fully saturated rings. The topological polar surface area (TPSA) is 124 Å². The summed E-state index contributed by atoms with van der Waals surface area (Å²) in [5, 5.41) is 15.4. The average molecular weight is 703 g/mol. The predicted octanol–water partition coefficient (Wildman–Crippen LogP) is 4.99. The average Bonchev–Trinajstić information content (AvgIpc) is 3.71. The Morgan fingerprint density at radius 3 is 2.37 bits per heavy atom. The zero-order valence-corrected chi connectivity index (χ0v) is 28.8. The molecule has 2 aliphatic rings. The van der Waals surface area contributed by atoms with Crippen LogP contribution in [-0.2, 0) is 29.7 Å². The Kier molecular flexibility index (Phi) is 9.71. The number of nitrogens with one attached hydrogen (secondary N) is 3. The predicted molar refractivity (Wildman–Crippen MR) is 190 cm³/mol. The van der Waals surface area contributed by atoms with Crippen molar-refractivity contribution in [3.63, 3.8) is 0 Å². The Morgan fingerprint density at radius 2 is 1.67 bits per heavy atom. The molecule has 13 heteroatoms. The van der Waals surface area contributed by atoms with Crippen molar-refractivity contribution in [1.82, 2.24) is 35.1 Å². The number of benzene rings is 2. The van der Waals surface area contributed by atoms with E-state index < -0.39 is 0 Å². The van der Waals surface area contributed by atoms with Crippen LogP contribution < -0.4 is 26.2 Å². The van der Waals surface area contributed by atoms with Gasteiger partial charge in [0.1, 0.15) is 11.3 Å². The van der Waals surface area contributed by atoms with Crippen LogP contribution in [0.15, 0.2) is 65.6 Å². The first-order chi connectivity index (χ1) is 23.8. The Hall–Kier alpha value is -4.26. The minimum absolute atomic E-state index is 0.0957. The Bertz CT molecular complexity index is 2090. The third kappa shape index (κ3) is 6.82. The molecular formula is C36H37Cl2N7O4. The van der Waals surface area contributed by atoms with Gasteiger partial charge < -0.3 is 25.4 Å². The monoisotopic (exact) mass is 701 g/mol. The van der Waals surface area contributed by atoms with E-state index in [0.717, 1.165) is 52.8 Å². The summed E-state index contributed by atoms with van der Waals surface area (Å²) < 4.78 is 14.3. The summed E-state index contributed by atoms with van der Waals surface area (Å²) in [7, 11) is 3.32. The normalized spacial score (nSPS) is 17.3. The largest absolute Gasteiger partial charge is 0.481 e. The number of hydrogen-bond donors (Lipinski definition) is 3. The van der Waals surface area contributed by atoms with Gasteiger partial charge in [0.2, 0.25) is 11.8 Å². The van der Waals surface area contributed by atoms with Gasteiger partial charge in [-0.1, -0.05) is 65.7 Å². The molecule has 49 heavy (non-hydrogen) atoms. The molecule has 0 spiro atoms. The second-order valence-corrected chi connectivity index (χ2v) is 13.1. The summed E-state index contributed by atoms with van der Waals surface area (Å²) in [4.78, 5) is 29.6. The van der Waals surface area contributed by atoms with Gasteiger partial charge in [0.15, 0.2) is 0 Å². The maximum atomic E-state index is 13.3. The van der Waals surface area contributed by atoms with Crippen LogP contribution in [0.1, 0.15) is 30.7 Å². The van der Waals surface area contributed by atoms with Crippen LogP contribution in [0.25, 0.3) is 39.0 Å². The fourth-order valence-electron chi connectivity index (χ4n) is 6.31. The van der Waals surface area contributed by atoms with Gasteiger partial charge in [-0.2, -0.15) is 5.10 Å². The van der Waals surface area contributed by atoms with Gasteiger partial charge in [0.25, 0.3) is 5.56 Å². The number of halogens is 2. The number of carbonyl (C=O) groups is 1. The van der Waals surface area contributed by atoms with Crippen molar-refractivity contribution >= 4 is 34.6 Å². The smallest absolute Gasteiger partial charge is 0.277 e. The van der Waals surface area contributed by atoms with E-state index in [1.165, 1.54) is 0 Å². The molecule has 7 rings (SSSR count). The standard InChI is InChI=1S/C36H37Cl2N7O4/c1-44-31(19-40-18-24-13-14-49-24)43-45-20-22(15-30(45)36(44)47)25-5-3-6-26(33(25)37)27-7-4-8-28(34(27)38)29-11-9-21(35(42-29)48-2)16-39-17-23-10-12-32(46)41-23/h3-9,11,15,20,23-24,39-40H,10,12-14,16-19H2,1-2H3,(H,41,46)/t23-,24-/m1/s1. The molecule has 2 aliphatic heterocycles. The summed E-state index contributed by atoms with van der Waals surface area (Å²) in [6.45, 7) is 3.18. The number of hydrogen-bond acceptors (Lipinski definition) is 8. The third-order valence-electron chi connectivity index (χ3n) is 9.18. The number of aromatic nitrogens is 4. The first kappa shape index (κ1) is 33.2. The first-order valence-electron chi connectivity index (χ1n) is 16.3. The van der Waals surface area contributed by atoms with Crippen molar-refractivity contribution < 1.29 is 14.3 Å². The number of amides is 1. The molecule has 2 aromatic carbocycles. The zero-order valence-electron chi connectivity index (χ0n) is 27.3. The number of carbonyl (C=O) groups excluding carboxylic acids is 1. The van der Waals surface area contributed by atoms with Gasteiger partial charge >= 0.3 is 0 Å². The zero-order chi connectivity index (χ0) is 34.1. The Labute approximate surface area is 293 Å². The van der Waals surface area contributed by atoms with Crippen molar-refractivity contribution in [2.45, 2.75) is 44.5 Å². The summed E-state index contributed by atoms with van der Waals surface area (Å²) in [5.41, 5.74) is 5.62. The summed E-state index contributed by atoms with van der Waals surface area (Å²) in [6, 6.07) is 17.4. The molecule has 0 unspecified atom stereocenters. The Morgan fingerprint density at radius 1 is 0.959 bits per heavy atom. The summed E-state index contributed by atoms with van der Waals surface area (Å²) >= 11 is 14.2. The molecule has 5 aromatic rings. The lowest BCUT2D eigenvalue weighted by Gasteiger charge is -2.26. The highest BCUT2D eigenvalue weighted by molar-refractivity contribution is 6.39. The van der Waals surface area contributed by atoms with E-state index in [1.807, 2.05) is 60.8 Å². The van der Waals surface area contributed by atoms with E-state index in [2.05, 4.69) is 16.0 Å². The molecule has 3 N–H and O–H groups in total. The van der Waals surface area contributed by atoms with Crippen LogP contribution in [0.2, 0.25) is 10.0 Å². The first-order valence-corrected chi connectivity index (χ1v) is 17.1. The van der Waals surface area contributed by atoms with E-state index in [0.29, 0.717) is 65.6 Å². The maximum absolute atomic E-state index is 13.3. The van der Waals surface area contributed by atoms with Crippen molar-refractivity contribution in [3.05, 3.63) is 92.6 Å². The molecule has 5 heterocycles. The molecule has 0 aliphatic carbocycles. The molecule has 2 atom stereocenters. The van der Waals surface area contributed by atoms with Gasteiger partial charge in [-0.25, -0.2) is 9.50 Å². The number of nitrogens with zero attached hydrogens (tertiary/aromatic N) is 4. The van der Waals surface area contributed by atoms with Gasteiger partial charge in [0, 0.05) is 85.3 Å². The van der Waals surface area contributed by atoms with E-state index >= 15 is 0 Å². The van der Waals surface area contributed by atoms with E-state index in [1.54, 1.807) is 23.2 Å². The summed E-state index contributed by atoms with van der Waals surface area (Å²) in [6.07, 6.45) is 4.48. The van der Waals surface area contributed by atoms with Crippen LogP contribution in [0.5, 0.6) is 5.88 Å². The number of methoxy groups -OCH3 is 1. The highest BCUT2D eigenvalue weighted by atomic mass is 35.5. The van der Waals surface area contributed by atoms with E-state index in [4.69, 9.17) is 42.8 Å².